The van der Waals surface area contributed by atoms with Gasteiger partial charge in [0, 0.05) is 35.4 Å². The Morgan fingerprint density at radius 3 is 2.69 bits per heavy atom. The second-order valence-electron chi connectivity index (χ2n) is 7.95. The van der Waals surface area contributed by atoms with Gasteiger partial charge in [-0.15, -0.1) is 0 Å². The molecule has 4 aromatic rings. The first-order chi connectivity index (χ1) is 17.2. The number of para-hydroxylation sites is 1. The summed E-state index contributed by atoms with van der Waals surface area (Å²) in [5.41, 5.74) is 5.29. The molecule has 35 heavy (non-hydrogen) atoms. The summed E-state index contributed by atoms with van der Waals surface area (Å²) in [6, 6.07) is 24.5. The van der Waals surface area contributed by atoms with Gasteiger partial charge in [-0.1, -0.05) is 48.6 Å². The maximum absolute atomic E-state index is 12.5. The third-order valence-corrected chi connectivity index (χ3v) is 5.47. The minimum atomic E-state index is -0.258. The fourth-order valence-electron chi connectivity index (χ4n) is 3.79. The number of fused-ring (bicyclic) bond motifs is 1. The molecule has 3 heterocycles. The van der Waals surface area contributed by atoms with Crippen LogP contribution in [0.5, 0.6) is 0 Å². The lowest BCUT2D eigenvalue weighted by Crippen LogP contribution is -2.24. The molecule has 4 N–H and O–H groups in total. The molecule has 0 fully saturated rings. The lowest BCUT2D eigenvalue weighted by molar-refractivity contribution is -0.110. The number of pyridine rings is 1. The summed E-state index contributed by atoms with van der Waals surface area (Å²) in [5.74, 6) is 0.218. The molecule has 0 unspecified atom stereocenters. The number of H-pyrrole nitrogens is 1. The first kappa shape index (κ1) is 21.9. The summed E-state index contributed by atoms with van der Waals surface area (Å²) in [6.45, 7) is 0.346. The van der Waals surface area contributed by atoms with Crippen LogP contribution in [-0.4, -0.2) is 28.3 Å². The predicted molar refractivity (Wildman–Crippen MR) is 139 cm³/mol. The van der Waals surface area contributed by atoms with Crippen molar-refractivity contribution in [3.8, 4) is 0 Å². The molecule has 2 amide bonds. The van der Waals surface area contributed by atoms with Gasteiger partial charge < -0.3 is 20.9 Å². The van der Waals surface area contributed by atoms with E-state index in [0.717, 1.165) is 28.2 Å². The summed E-state index contributed by atoms with van der Waals surface area (Å²) < 4.78 is 0. The topological polar surface area (TPSA) is 98.9 Å². The smallest absolute Gasteiger partial charge is 0.270 e. The van der Waals surface area contributed by atoms with Crippen LogP contribution in [0, 0.1) is 0 Å². The van der Waals surface area contributed by atoms with Gasteiger partial charge in [-0.25, -0.2) is 4.98 Å². The average Bonchev–Trinajstić information content (AvgIpc) is 3.50. The quantitative estimate of drug-likeness (QED) is 0.288. The monoisotopic (exact) mass is 461 g/mol. The molecule has 172 valence electrons. The van der Waals surface area contributed by atoms with Crippen LogP contribution < -0.4 is 16.0 Å². The number of anilines is 3. The summed E-state index contributed by atoms with van der Waals surface area (Å²) in [4.78, 5) is 32.4. The van der Waals surface area contributed by atoms with E-state index in [4.69, 9.17) is 0 Å². The van der Waals surface area contributed by atoms with Gasteiger partial charge in [-0.2, -0.15) is 0 Å². The van der Waals surface area contributed by atoms with Gasteiger partial charge in [-0.05, 0) is 54.1 Å². The molecule has 0 radical (unpaired) electrons. The molecule has 0 bridgehead atoms. The Morgan fingerprint density at radius 1 is 0.971 bits per heavy atom. The summed E-state index contributed by atoms with van der Waals surface area (Å²) in [7, 11) is 0. The van der Waals surface area contributed by atoms with Gasteiger partial charge in [0.15, 0.2) is 0 Å². The zero-order valence-corrected chi connectivity index (χ0v) is 18.8. The Kier molecular flexibility index (Phi) is 6.21. The molecule has 0 saturated heterocycles. The fourth-order valence-corrected chi connectivity index (χ4v) is 3.79. The molecule has 1 aliphatic rings. The number of hydrogen-bond donors (Lipinski definition) is 4. The van der Waals surface area contributed by atoms with Gasteiger partial charge in [0.25, 0.3) is 11.8 Å². The molecule has 0 aliphatic carbocycles. The normalized spacial score (nSPS) is 13.6. The number of amides is 2. The van der Waals surface area contributed by atoms with E-state index in [2.05, 4.69) is 25.9 Å². The molecule has 0 atom stereocenters. The SMILES string of the molecule is O=C1Nc2cc(/C=C/CNC(=O)c3cccc(Nc4ccccc4)n3)ccc2C1=Cc1ccc[nH]1. The molecule has 2 aromatic heterocycles. The first-order valence-corrected chi connectivity index (χ1v) is 11.2. The minimum Gasteiger partial charge on any atom is -0.362 e. The Balaban J connectivity index is 1.19. The van der Waals surface area contributed by atoms with E-state index in [1.165, 1.54) is 0 Å². The molecule has 7 nitrogen and oxygen atoms in total. The molecule has 1 aliphatic heterocycles. The number of hydrogen-bond acceptors (Lipinski definition) is 4. The van der Waals surface area contributed by atoms with Crippen LogP contribution in [0.25, 0.3) is 17.7 Å². The minimum absolute atomic E-state index is 0.125. The standard InChI is InChI=1S/C28H23N5O2/c34-27-23(18-21-10-6-15-29-21)22-14-13-19(17-25(22)33-27)7-5-16-30-28(35)24-11-4-12-26(32-24)31-20-8-2-1-3-9-20/h1-15,17-18,29H,16H2,(H,30,35)(H,31,32)(H,33,34)/b7-5+,23-18?. The van der Waals surface area contributed by atoms with Crippen LogP contribution in [0.4, 0.5) is 17.2 Å². The number of aromatic nitrogens is 2. The van der Waals surface area contributed by atoms with Crippen molar-refractivity contribution in [3.63, 3.8) is 0 Å². The van der Waals surface area contributed by atoms with E-state index < -0.39 is 0 Å². The van der Waals surface area contributed by atoms with Gasteiger partial charge >= 0.3 is 0 Å². The Morgan fingerprint density at radius 2 is 1.86 bits per heavy atom. The van der Waals surface area contributed by atoms with E-state index in [1.54, 1.807) is 12.1 Å². The fraction of sp³-hybridized carbons (Fsp3) is 0.0357. The van der Waals surface area contributed by atoms with Gasteiger partial charge in [0.05, 0.1) is 5.57 Å². The van der Waals surface area contributed by atoms with Crippen molar-refractivity contribution in [1.82, 2.24) is 15.3 Å². The van der Waals surface area contributed by atoms with Gasteiger partial charge in [-0.3, -0.25) is 9.59 Å². The summed E-state index contributed by atoms with van der Waals surface area (Å²) in [6.07, 6.45) is 7.42. The Labute approximate surface area is 202 Å². The Bertz CT molecular complexity index is 1420. The zero-order chi connectivity index (χ0) is 24.0. The third-order valence-electron chi connectivity index (χ3n) is 5.47. The first-order valence-electron chi connectivity index (χ1n) is 11.2. The van der Waals surface area contributed by atoms with Crippen molar-refractivity contribution < 1.29 is 9.59 Å². The number of rotatable bonds is 7. The van der Waals surface area contributed by atoms with Crippen molar-refractivity contribution in [2.75, 3.05) is 17.2 Å². The number of carbonyl (C=O) groups is 2. The second kappa shape index (κ2) is 9.93. The van der Waals surface area contributed by atoms with Crippen molar-refractivity contribution in [3.05, 3.63) is 114 Å². The van der Waals surface area contributed by atoms with Crippen molar-refractivity contribution in [2.45, 2.75) is 0 Å². The van der Waals surface area contributed by atoms with Crippen molar-refractivity contribution in [2.24, 2.45) is 0 Å². The average molecular weight is 462 g/mol. The van der Waals surface area contributed by atoms with Crippen LogP contribution in [0.2, 0.25) is 0 Å². The number of nitrogens with one attached hydrogen (secondary N) is 4. The predicted octanol–water partition coefficient (Wildman–Crippen LogP) is 5.09. The lowest BCUT2D eigenvalue weighted by Gasteiger charge is -2.07. The highest BCUT2D eigenvalue weighted by molar-refractivity contribution is 6.34. The van der Waals surface area contributed by atoms with E-state index in [9.17, 15) is 9.59 Å². The van der Waals surface area contributed by atoms with Crippen molar-refractivity contribution in [1.29, 1.82) is 0 Å². The lowest BCUT2D eigenvalue weighted by atomic mass is 10.0. The number of carbonyl (C=O) groups excluding carboxylic acids is 2. The molecule has 2 aromatic carbocycles. The van der Waals surface area contributed by atoms with Gasteiger partial charge in [0.1, 0.15) is 11.5 Å². The van der Waals surface area contributed by atoms with Crippen LogP contribution in [0.15, 0.2) is 91.1 Å². The van der Waals surface area contributed by atoms with E-state index in [-0.39, 0.29) is 11.8 Å². The Hall–Kier alpha value is -4.91. The maximum Gasteiger partial charge on any atom is 0.270 e. The van der Waals surface area contributed by atoms with Crippen LogP contribution >= 0.6 is 0 Å². The highest BCUT2D eigenvalue weighted by Gasteiger charge is 2.24. The molecule has 0 spiro atoms. The van der Waals surface area contributed by atoms with Gasteiger partial charge in [0.2, 0.25) is 0 Å². The largest absolute Gasteiger partial charge is 0.362 e. The molecular weight excluding hydrogens is 438 g/mol. The van der Waals surface area contributed by atoms with E-state index in [1.807, 2.05) is 91.2 Å². The zero-order valence-electron chi connectivity index (χ0n) is 18.8. The summed E-state index contributed by atoms with van der Waals surface area (Å²) >= 11 is 0. The molecule has 7 heteroatoms. The summed E-state index contributed by atoms with van der Waals surface area (Å²) in [5, 5.41) is 8.95. The second-order valence-corrected chi connectivity index (χ2v) is 7.95. The highest BCUT2D eigenvalue weighted by atomic mass is 16.2. The van der Waals surface area contributed by atoms with Crippen LogP contribution in [0.1, 0.15) is 27.3 Å². The molecular formula is C28H23N5O2. The van der Waals surface area contributed by atoms with Crippen molar-refractivity contribution >= 4 is 46.7 Å². The molecule has 0 saturated carbocycles. The van der Waals surface area contributed by atoms with E-state index >= 15 is 0 Å². The number of nitrogens with zero attached hydrogens (tertiary/aromatic N) is 1. The van der Waals surface area contributed by atoms with Crippen LogP contribution in [-0.2, 0) is 4.79 Å². The molecule has 5 rings (SSSR count). The highest BCUT2D eigenvalue weighted by Crippen LogP contribution is 2.33. The maximum atomic E-state index is 12.5. The van der Waals surface area contributed by atoms with Crippen LogP contribution in [0.3, 0.4) is 0 Å². The number of benzene rings is 2. The van der Waals surface area contributed by atoms with E-state index in [0.29, 0.717) is 23.6 Å². The number of aromatic amines is 1. The third kappa shape index (κ3) is 5.20.